The van der Waals surface area contributed by atoms with Crippen LogP contribution >= 0.6 is 0 Å². The molecule has 0 atom stereocenters. The van der Waals surface area contributed by atoms with Crippen LogP contribution in [0.5, 0.6) is 0 Å². The lowest BCUT2D eigenvalue weighted by molar-refractivity contribution is 1.32. The molecule has 0 aliphatic rings. The Hall–Kier alpha value is -13.8. The third-order valence-corrected chi connectivity index (χ3v) is 19.0. The van der Waals surface area contributed by atoms with Crippen molar-refractivity contribution in [1.82, 2.24) is 34.9 Å². The van der Waals surface area contributed by atoms with Crippen LogP contribution in [0.15, 0.2) is 384 Å². The van der Waals surface area contributed by atoms with Gasteiger partial charge in [0.05, 0.1) is 0 Å². The molecule has 7 nitrogen and oxygen atoms in total. The Labute approximate surface area is 593 Å². The molecule has 0 N–H and O–H groups in total. The van der Waals surface area contributed by atoms with Gasteiger partial charge in [-0.3, -0.25) is 34.9 Å². The topological polar surface area (TPSA) is 90.2 Å². The highest BCUT2D eigenvalue weighted by Gasteiger charge is 2.17. The van der Waals surface area contributed by atoms with Crippen LogP contribution in [0, 0.1) is 0 Å². The van der Waals surface area contributed by atoms with Crippen molar-refractivity contribution in [1.29, 1.82) is 0 Å². The van der Waals surface area contributed by atoms with Crippen LogP contribution < -0.4 is 0 Å². The van der Waals surface area contributed by atoms with Crippen LogP contribution in [0.1, 0.15) is 0 Å². The van der Waals surface area contributed by atoms with Crippen LogP contribution in [0.2, 0.25) is 0 Å². The maximum atomic E-state index is 5.00. The Morgan fingerprint density at radius 3 is 0.392 bits per heavy atom. The fourth-order valence-electron chi connectivity index (χ4n) is 13.7. The molecule has 102 heavy (non-hydrogen) atoms. The van der Waals surface area contributed by atoms with E-state index in [-0.39, 0.29) is 0 Å². The van der Waals surface area contributed by atoms with Gasteiger partial charge >= 0.3 is 0 Å². The molecule has 0 radical (unpaired) electrons. The Balaban J connectivity index is 0.742. The Morgan fingerprint density at radius 1 is 0.0980 bits per heavy atom. The largest absolute Gasteiger partial charge is 0.264 e. The van der Waals surface area contributed by atoms with E-state index in [1.165, 1.54) is 0 Å². The molecular formula is C95H63N7. The smallest absolute Gasteiger partial charge is 0.0346 e. The summed E-state index contributed by atoms with van der Waals surface area (Å²) in [5.41, 5.74) is 34.4. The van der Waals surface area contributed by atoms with Crippen molar-refractivity contribution in [3.8, 4) is 178 Å². The van der Waals surface area contributed by atoms with Gasteiger partial charge in [0, 0.05) is 137 Å². The second-order valence-corrected chi connectivity index (χ2v) is 25.6. The molecule has 0 aliphatic carbocycles. The Bertz CT molecular complexity index is 5360. The van der Waals surface area contributed by atoms with Crippen LogP contribution in [-0.4, -0.2) is 34.9 Å². The SMILES string of the molecule is c1cncc(-c2cccc(-c3cc(-c4cccc(-c5cccnc5)c4)cc(-c4cccc(-c5cncc(-c6cc(-c7cccc(-c8cccnc8)c7)cc(-c7cncc(-c8cccc(-c9cc(-c%10cccc(-c%11cccnc%11)c%10)cc(-c%10cccc(-c%11cccnc%11)c%10)c9)c8)c7)c6)c5)c4)c3)c2)c1. The number of hydrogen-bond acceptors (Lipinski definition) is 7. The summed E-state index contributed by atoms with van der Waals surface area (Å²) in [6, 6.07) is 107. The number of nitrogens with zero attached hydrogens (tertiary/aromatic N) is 7. The summed E-state index contributed by atoms with van der Waals surface area (Å²) in [5, 5.41) is 0. The molecule has 478 valence electrons. The highest BCUT2D eigenvalue weighted by molar-refractivity contribution is 5.90. The highest BCUT2D eigenvalue weighted by atomic mass is 14.6. The van der Waals surface area contributed by atoms with Gasteiger partial charge in [-0.1, -0.05) is 158 Å². The summed E-state index contributed by atoms with van der Waals surface area (Å²) in [6.45, 7) is 0. The molecular weight excluding hydrogens is 1240 g/mol. The minimum Gasteiger partial charge on any atom is -0.264 e. The monoisotopic (exact) mass is 1300 g/mol. The summed E-state index contributed by atoms with van der Waals surface area (Å²) < 4.78 is 0. The van der Waals surface area contributed by atoms with E-state index in [0.717, 1.165) is 178 Å². The van der Waals surface area contributed by atoms with E-state index in [1.807, 2.05) is 117 Å². The van der Waals surface area contributed by atoms with Gasteiger partial charge < -0.3 is 0 Å². The predicted molar refractivity (Wildman–Crippen MR) is 418 cm³/mol. The molecule has 0 aliphatic heterocycles. The first-order valence-corrected chi connectivity index (χ1v) is 34.1. The van der Waals surface area contributed by atoms with E-state index >= 15 is 0 Å². The predicted octanol–water partition coefficient (Wildman–Crippen LogP) is 24.1. The Morgan fingerprint density at radius 2 is 0.216 bits per heavy atom. The normalized spacial score (nSPS) is 11.1. The first kappa shape index (κ1) is 61.8. The van der Waals surface area contributed by atoms with Gasteiger partial charge in [0.1, 0.15) is 0 Å². The molecule has 0 saturated carbocycles. The van der Waals surface area contributed by atoms with E-state index in [2.05, 4.69) is 292 Å². The van der Waals surface area contributed by atoms with Crippen molar-refractivity contribution < 1.29 is 0 Å². The summed E-state index contributed by atoms with van der Waals surface area (Å²) >= 11 is 0. The maximum Gasteiger partial charge on any atom is 0.0346 e. The van der Waals surface area contributed by atoms with E-state index in [1.54, 1.807) is 0 Å². The average Bonchev–Trinajstić information content (AvgIpc) is 0.794. The van der Waals surface area contributed by atoms with Gasteiger partial charge in [-0.15, -0.1) is 0 Å². The van der Waals surface area contributed by atoms with Crippen LogP contribution in [0.3, 0.4) is 0 Å². The van der Waals surface area contributed by atoms with Crippen molar-refractivity contribution in [2.75, 3.05) is 0 Å². The summed E-state index contributed by atoms with van der Waals surface area (Å²) in [5.74, 6) is 0. The van der Waals surface area contributed by atoms with Crippen LogP contribution in [-0.2, 0) is 0 Å². The molecule has 0 unspecified atom stereocenters. The van der Waals surface area contributed by atoms with Crippen molar-refractivity contribution in [3.63, 3.8) is 0 Å². The van der Waals surface area contributed by atoms with Crippen molar-refractivity contribution in [3.05, 3.63) is 384 Å². The van der Waals surface area contributed by atoms with Crippen molar-refractivity contribution in [2.24, 2.45) is 0 Å². The van der Waals surface area contributed by atoms with Gasteiger partial charge in [-0.25, -0.2) is 0 Å². The third kappa shape index (κ3) is 13.4. The fraction of sp³-hybridized carbons (Fsp3) is 0. The number of rotatable bonds is 16. The molecule has 17 aromatic rings. The Kier molecular flexibility index (Phi) is 17.0. The van der Waals surface area contributed by atoms with Crippen LogP contribution in [0.4, 0.5) is 0 Å². The van der Waals surface area contributed by atoms with Gasteiger partial charge in [0.25, 0.3) is 0 Å². The van der Waals surface area contributed by atoms with E-state index in [4.69, 9.17) is 9.97 Å². The maximum absolute atomic E-state index is 5.00. The molecule has 7 aromatic heterocycles. The second-order valence-electron chi connectivity index (χ2n) is 25.6. The molecule has 7 heterocycles. The summed E-state index contributed by atoms with van der Waals surface area (Å²) in [4.78, 5) is 32.2. The molecule has 7 heteroatoms. The quantitative estimate of drug-likeness (QED) is 0.0952. The molecule has 0 spiro atoms. The van der Waals surface area contributed by atoms with Gasteiger partial charge in [-0.2, -0.15) is 0 Å². The molecule has 0 saturated heterocycles. The zero-order valence-corrected chi connectivity index (χ0v) is 55.5. The van der Waals surface area contributed by atoms with Gasteiger partial charge in [0.2, 0.25) is 0 Å². The summed E-state index contributed by atoms with van der Waals surface area (Å²) in [6.07, 6.45) is 26.6. The molecule has 0 amide bonds. The standard InChI is InChI=1S/C95H63N7/c1-13-64(78-27-8-32-96-55-78)37-69(18-1)83-44-84(70-19-2-14-65(38-70)79-28-9-33-97-56-79)47-87(46-83)74-23-6-25-76(42-74)92-53-94(62-101-60-92)90-50-89(73-22-5-17-68(41-73)82-31-12-36-100-59-82)51-91(52-90)95-54-93(61-102-63-95)77-26-7-24-75(43-77)88-48-85(71-20-3-15-66(39-71)80-29-10-34-98-57-80)45-86(49-88)72-21-4-16-67(40-72)81-30-11-35-99-58-81/h1-63H. The average molecular weight is 1300 g/mol. The van der Waals surface area contributed by atoms with Gasteiger partial charge in [0.15, 0.2) is 0 Å². The van der Waals surface area contributed by atoms with Gasteiger partial charge in [-0.05, 0) is 267 Å². The first-order chi connectivity index (χ1) is 50.5. The number of hydrogen-bond donors (Lipinski definition) is 0. The molecule has 17 rings (SSSR count). The zero-order chi connectivity index (χ0) is 68.0. The molecule has 0 bridgehead atoms. The molecule has 10 aromatic carbocycles. The van der Waals surface area contributed by atoms with E-state index in [0.29, 0.717) is 0 Å². The number of benzene rings is 10. The minimum absolute atomic E-state index is 0.988. The summed E-state index contributed by atoms with van der Waals surface area (Å²) in [7, 11) is 0. The third-order valence-electron chi connectivity index (χ3n) is 19.0. The lowest BCUT2D eigenvalue weighted by atomic mass is 9.90. The number of pyridine rings is 7. The van der Waals surface area contributed by atoms with E-state index < -0.39 is 0 Å². The first-order valence-electron chi connectivity index (χ1n) is 34.1. The van der Waals surface area contributed by atoms with Crippen molar-refractivity contribution in [2.45, 2.75) is 0 Å². The minimum atomic E-state index is 0.988. The fourth-order valence-corrected chi connectivity index (χ4v) is 13.7. The van der Waals surface area contributed by atoms with E-state index in [9.17, 15) is 0 Å². The van der Waals surface area contributed by atoms with Crippen molar-refractivity contribution >= 4 is 0 Å². The van der Waals surface area contributed by atoms with Crippen LogP contribution in [0.25, 0.3) is 178 Å². The lowest BCUT2D eigenvalue weighted by Crippen LogP contribution is -1.91. The molecule has 0 fully saturated rings. The zero-order valence-electron chi connectivity index (χ0n) is 55.5. The number of aromatic nitrogens is 7. The second kappa shape index (κ2) is 28.0. The lowest BCUT2D eigenvalue weighted by Gasteiger charge is -2.15. The highest BCUT2D eigenvalue weighted by Crippen LogP contribution is 2.42.